The van der Waals surface area contributed by atoms with E-state index in [1.54, 1.807) is 7.11 Å². The molecule has 2 aromatic rings. The van der Waals surface area contributed by atoms with Crippen molar-refractivity contribution in [2.24, 2.45) is 0 Å². The molecule has 20 heavy (non-hydrogen) atoms. The monoisotopic (exact) mass is 271 g/mol. The molecule has 2 rings (SSSR count). The van der Waals surface area contributed by atoms with Gasteiger partial charge in [-0.15, -0.1) is 0 Å². The molecule has 0 saturated carbocycles. The van der Waals surface area contributed by atoms with E-state index in [-0.39, 0.29) is 0 Å². The Kier molecular flexibility index (Phi) is 5.59. The second-order valence-corrected chi connectivity index (χ2v) is 4.69. The van der Waals surface area contributed by atoms with Crippen LogP contribution in [0, 0.1) is 0 Å². The number of benzene rings is 2. The summed E-state index contributed by atoms with van der Waals surface area (Å²) in [7, 11) is 3.62. The predicted octanol–water partition coefficient (Wildman–Crippen LogP) is 3.13. The van der Waals surface area contributed by atoms with Crippen molar-refractivity contribution >= 4 is 0 Å². The van der Waals surface area contributed by atoms with Gasteiger partial charge in [-0.05, 0) is 35.9 Å². The molecule has 0 aliphatic carbocycles. The maximum atomic E-state index is 5.73. The molecule has 106 valence electrons. The molecule has 0 bridgehead atoms. The highest BCUT2D eigenvalue weighted by atomic mass is 16.5. The number of nitrogens with one attached hydrogen (secondary N) is 1. The van der Waals surface area contributed by atoms with Crippen molar-refractivity contribution < 1.29 is 9.47 Å². The van der Waals surface area contributed by atoms with Gasteiger partial charge in [-0.1, -0.05) is 36.4 Å². The first kappa shape index (κ1) is 14.6. The molecule has 0 saturated heterocycles. The molecule has 0 aliphatic heterocycles. The first-order valence-corrected chi connectivity index (χ1v) is 6.75. The molecular weight excluding hydrogens is 250 g/mol. The van der Waals surface area contributed by atoms with E-state index in [4.69, 9.17) is 9.47 Å². The fraction of sp³-hybridized carbons (Fsp3) is 0.294. The Bertz CT molecular complexity index is 523. The van der Waals surface area contributed by atoms with E-state index in [2.05, 4.69) is 29.6 Å². The molecule has 0 radical (unpaired) electrons. The molecule has 1 N–H and O–H groups in total. The van der Waals surface area contributed by atoms with Gasteiger partial charge in [-0.3, -0.25) is 0 Å². The van der Waals surface area contributed by atoms with Gasteiger partial charge in [-0.25, -0.2) is 0 Å². The Morgan fingerprint density at radius 1 is 0.900 bits per heavy atom. The molecule has 3 nitrogen and oxygen atoms in total. The summed E-state index contributed by atoms with van der Waals surface area (Å²) in [5.41, 5.74) is 3.59. The molecule has 0 fully saturated rings. The van der Waals surface area contributed by atoms with Crippen LogP contribution in [-0.2, 0) is 24.5 Å². The van der Waals surface area contributed by atoms with Gasteiger partial charge in [0.05, 0.1) is 20.3 Å². The number of hydrogen-bond donors (Lipinski definition) is 1. The van der Waals surface area contributed by atoms with Crippen LogP contribution in [0.1, 0.15) is 16.7 Å². The van der Waals surface area contributed by atoms with Crippen molar-refractivity contribution in [2.75, 3.05) is 14.2 Å². The zero-order valence-corrected chi connectivity index (χ0v) is 12.1. The van der Waals surface area contributed by atoms with Gasteiger partial charge in [0, 0.05) is 6.54 Å². The molecule has 0 amide bonds. The Morgan fingerprint density at radius 2 is 1.60 bits per heavy atom. The molecule has 3 heteroatoms. The van der Waals surface area contributed by atoms with E-state index in [0.717, 1.165) is 17.9 Å². The number of rotatable bonds is 7. The van der Waals surface area contributed by atoms with E-state index >= 15 is 0 Å². The summed E-state index contributed by atoms with van der Waals surface area (Å²) in [4.78, 5) is 0. The SMILES string of the molecule is CNCc1ccc(COCc2cccc(OC)c2)cc1. The standard InChI is InChI=1S/C17H21NO2/c1-18-11-14-6-8-15(9-7-14)12-20-13-16-4-3-5-17(10-16)19-2/h3-10,18H,11-13H2,1-2H3. The third-order valence-corrected chi connectivity index (χ3v) is 3.08. The summed E-state index contributed by atoms with van der Waals surface area (Å²) in [5, 5.41) is 3.14. The lowest BCUT2D eigenvalue weighted by Gasteiger charge is -2.07. The summed E-state index contributed by atoms with van der Waals surface area (Å²) >= 11 is 0. The average molecular weight is 271 g/mol. The fourth-order valence-corrected chi connectivity index (χ4v) is 2.01. The fourth-order valence-electron chi connectivity index (χ4n) is 2.01. The average Bonchev–Trinajstić information content (AvgIpc) is 2.50. The Balaban J connectivity index is 1.82. The summed E-state index contributed by atoms with van der Waals surface area (Å²) in [6.07, 6.45) is 0. The largest absolute Gasteiger partial charge is 0.497 e. The van der Waals surface area contributed by atoms with E-state index in [1.807, 2.05) is 31.3 Å². The maximum absolute atomic E-state index is 5.73. The highest BCUT2D eigenvalue weighted by molar-refractivity contribution is 5.28. The van der Waals surface area contributed by atoms with Crippen LogP contribution < -0.4 is 10.1 Å². The van der Waals surface area contributed by atoms with Gasteiger partial charge in [-0.2, -0.15) is 0 Å². The Hall–Kier alpha value is -1.84. The van der Waals surface area contributed by atoms with Crippen LogP contribution in [0.4, 0.5) is 0 Å². The molecule has 0 aliphatic rings. The van der Waals surface area contributed by atoms with Crippen molar-refractivity contribution in [1.29, 1.82) is 0 Å². The van der Waals surface area contributed by atoms with Crippen molar-refractivity contribution in [3.63, 3.8) is 0 Å². The van der Waals surface area contributed by atoms with E-state index in [1.165, 1.54) is 11.1 Å². The number of hydrogen-bond acceptors (Lipinski definition) is 3. The van der Waals surface area contributed by atoms with Crippen molar-refractivity contribution in [1.82, 2.24) is 5.32 Å². The Labute approximate surface area is 120 Å². The molecule has 0 atom stereocenters. The molecule has 0 aromatic heterocycles. The highest BCUT2D eigenvalue weighted by Crippen LogP contribution is 2.14. The third-order valence-electron chi connectivity index (χ3n) is 3.08. The van der Waals surface area contributed by atoms with Crippen molar-refractivity contribution in [2.45, 2.75) is 19.8 Å². The first-order valence-electron chi connectivity index (χ1n) is 6.75. The topological polar surface area (TPSA) is 30.5 Å². The van der Waals surface area contributed by atoms with Crippen LogP contribution in [-0.4, -0.2) is 14.2 Å². The maximum Gasteiger partial charge on any atom is 0.119 e. The quantitative estimate of drug-likeness (QED) is 0.839. The van der Waals surface area contributed by atoms with Crippen LogP contribution in [0.15, 0.2) is 48.5 Å². The van der Waals surface area contributed by atoms with Crippen LogP contribution >= 0.6 is 0 Å². The summed E-state index contributed by atoms with van der Waals surface area (Å²) in [6, 6.07) is 16.4. The number of methoxy groups -OCH3 is 1. The van der Waals surface area contributed by atoms with Gasteiger partial charge in [0.25, 0.3) is 0 Å². The first-order chi connectivity index (χ1) is 9.81. The lowest BCUT2D eigenvalue weighted by atomic mass is 10.1. The summed E-state index contributed by atoms with van der Waals surface area (Å²) in [5.74, 6) is 0.863. The number of ether oxygens (including phenoxy) is 2. The van der Waals surface area contributed by atoms with Gasteiger partial charge in [0.15, 0.2) is 0 Å². The molecule has 0 heterocycles. The van der Waals surface area contributed by atoms with Crippen LogP contribution in [0.5, 0.6) is 5.75 Å². The van der Waals surface area contributed by atoms with Gasteiger partial charge >= 0.3 is 0 Å². The minimum absolute atomic E-state index is 0.593. The molecule has 2 aromatic carbocycles. The third kappa shape index (κ3) is 4.37. The van der Waals surface area contributed by atoms with Gasteiger partial charge in [0.2, 0.25) is 0 Å². The van der Waals surface area contributed by atoms with Crippen molar-refractivity contribution in [3.05, 3.63) is 65.2 Å². The molecule has 0 unspecified atom stereocenters. The lowest BCUT2D eigenvalue weighted by Crippen LogP contribution is -2.04. The highest BCUT2D eigenvalue weighted by Gasteiger charge is 1.98. The normalized spacial score (nSPS) is 10.5. The summed E-state index contributed by atoms with van der Waals surface area (Å²) in [6.45, 7) is 2.11. The Morgan fingerprint density at radius 3 is 2.30 bits per heavy atom. The van der Waals surface area contributed by atoms with Crippen LogP contribution in [0.2, 0.25) is 0 Å². The molecular formula is C17H21NO2. The predicted molar refractivity (Wildman–Crippen MR) is 80.7 cm³/mol. The van der Waals surface area contributed by atoms with Gasteiger partial charge in [0.1, 0.15) is 5.75 Å². The zero-order valence-electron chi connectivity index (χ0n) is 12.1. The second-order valence-electron chi connectivity index (χ2n) is 4.69. The van der Waals surface area contributed by atoms with Gasteiger partial charge < -0.3 is 14.8 Å². The minimum atomic E-state index is 0.593. The van der Waals surface area contributed by atoms with E-state index in [9.17, 15) is 0 Å². The second kappa shape index (κ2) is 7.68. The van der Waals surface area contributed by atoms with Crippen LogP contribution in [0.25, 0.3) is 0 Å². The van der Waals surface area contributed by atoms with Crippen molar-refractivity contribution in [3.8, 4) is 5.75 Å². The molecule has 0 spiro atoms. The zero-order chi connectivity index (χ0) is 14.2. The summed E-state index contributed by atoms with van der Waals surface area (Å²) < 4.78 is 10.9. The van der Waals surface area contributed by atoms with E-state index in [0.29, 0.717) is 13.2 Å². The minimum Gasteiger partial charge on any atom is -0.497 e. The smallest absolute Gasteiger partial charge is 0.119 e. The van der Waals surface area contributed by atoms with Crippen LogP contribution in [0.3, 0.4) is 0 Å². The van der Waals surface area contributed by atoms with E-state index < -0.39 is 0 Å². The lowest BCUT2D eigenvalue weighted by molar-refractivity contribution is 0.107.